The molecule has 0 radical (unpaired) electrons. The Kier molecular flexibility index (Phi) is 5.61. The van der Waals surface area contributed by atoms with Gasteiger partial charge < -0.3 is 16.3 Å². The molecule has 10 heteroatoms. The van der Waals surface area contributed by atoms with Crippen LogP contribution in [0.2, 0.25) is 15.1 Å². The minimum Gasteiger partial charge on any atom is -0.409 e. The standard InChI is InChI=1S/C10H9Cl3F3N3O/c11-5-1-7(13)8(2-6(5)12)18-3-4(9(17)19-20)10(14,15)16/h1-2,4,18,20H,3H2,(H2,17,19). The van der Waals surface area contributed by atoms with Crippen LogP contribution in [0.3, 0.4) is 0 Å². The Labute approximate surface area is 127 Å². The fourth-order valence-electron chi connectivity index (χ4n) is 1.33. The molecule has 4 N–H and O–H groups in total. The first-order valence-corrected chi connectivity index (χ1v) is 6.22. The van der Waals surface area contributed by atoms with Crippen molar-refractivity contribution >= 4 is 46.3 Å². The van der Waals surface area contributed by atoms with Crippen molar-refractivity contribution in [1.82, 2.24) is 0 Å². The average molecular weight is 351 g/mol. The molecular formula is C10H9Cl3F3N3O. The highest BCUT2D eigenvalue weighted by Gasteiger charge is 2.42. The Balaban J connectivity index is 2.91. The third kappa shape index (κ3) is 4.22. The van der Waals surface area contributed by atoms with Crippen molar-refractivity contribution in [3.63, 3.8) is 0 Å². The summed E-state index contributed by atoms with van der Waals surface area (Å²) in [6.07, 6.45) is -4.67. The van der Waals surface area contributed by atoms with Crippen molar-refractivity contribution in [1.29, 1.82) is 0 Å². The molecule has 0 spiro atoms. The second-order valence-electron chi connectivity index (χ2n) is 3.75. The van der Waals surface area contributed by atoms with E-state index in [-0.39, 0.29) is 20.8 Å². The van der Waals surface area contributed by atoms with E-state index in [1.54, 1.807) is 0 Å². The summed E-state index contributed by atoms with van der Waals surface area (Å²) in [4.78, 5) is 0. The zero-order valence-corrected chi connectivity index (χ0v) is 11.9. The quantitative estimate of drug-likeness (QED) is 0.253. The lowest BCUT2D eigenvalue weighted by Gasteiger charge is -2.20. The highest BCUT2D eigenvalue weighted by atomic mass is 35.5. The second-order valence-corrected chi connectivity index (χ2v) is 4.97. The Morgan fingerprint density at radius 1 is 1.25 bits per heavy atom. The normalized spacial score (nSPS) is 14.2. The van der Waals surface area contributed by atoms with Crippen LogP contribution in [-0.2, 0) is 0 Å². The maximum atomic E-state index is 12.7. The first-order valence-electron chi connectivity index (χ1n) is 5.09. The number of anilines is 1. The molecule has 0 bridgehead atoms. The van der Waals surface area contributed by atoms with Crippen LogP contribution >= 0.6 is 34.8 Å². The number of nitrogens with one attached hydrogen (secondary N) is 1. The molecule has 0 heterocycles. The summed E-state index contributed by atoms with van der Waals surface area (Å²) in [6, 6.07) is 2.58. The van der Waals surface area contributed by atoms with Crippen LogP contribution in [0.5, 0.6) is 0 Å². The maximum absolute atomic E-state index is 12.7. The Morgan fingerprint density at radius 3 is 2.30 bits per heavy atom. The van der Waals surface area contributed by atoms with Crippen LogP contribution in [0.25, 0.3) is 0 Å². The van der Waals surface area contributed by atoms with E-state index in [1.165, 1.54) is 12.1 Å². The third-order valence-corrected chi connectivity index (χ3v) is 3.41. The lowest BCUT2D eigenvalue weighted by molar-refractivity contribution is -0.152. The van der Waals surface area contributed by atoms with E-state index < -0.39 is 24.5 Å². The van der Waals surface area contributed by atoms with Gasteiger partial charge in [-0.15, -0.1) is 0 Å². The lowest BCUT2D eigenvalue weighted by atomic mass is 10.1. The van der Waals surface area contributed by atoms with Crippen molar-refractivity contribution < 1.29 is 18.4 Å². The molecule has 1 atom stereocenters. The summed E-state index contributed by atoms with van der Waals surface area (Å²) in [6.45, 7) is -0.670. The first-order chi connectivity index (χ1) is 9.16. The predicted octanol–water partition coefficient (Wildman–Crippen LogP) is 3.98. The summed E-state index contributed by atoms with van der Waals surface area (Å²) in [5.41, 5.74) is 5.17. The van der Waals surface area contributed by atoms with Gasteiger partial charge in [-0.05, 0) is 12.1 Å². The molecule has 4 nitrogen and oxygen atoms in total. The van der Waals surface area contributed by atoms with E-state index >= 15 is 0 Å². The number of oxime groups is 1. The van der Waals surface area contributed by atoms with Gasteiger partial charge in [0.15, 0.2) is 5.84 Å². The van der Waals surface area contributed by atoms with Gasteiger partial charge in [-0.1, -0.05) is 40.0 Å². The van der Waals surface area contributed by atoms with E-state index in [4.69, 9.17) is 45.7 Å². The van der Waals surface area contributed by atoms with Crippen LogP contribution in [0.15, 0.2) is 17.3 Å². The molecule has 0 aliphatic carbocycles. The van der Waals surface area contributed by atoms with Gasteiger partial charge >= 0.3 is 6.18 Å². The molecule has 1 aromatic rings. The molecule has 20 heavy (non-hydrogen) atoms. The minimum absolute atomic E-state index is 0.0971. The summed E-state index contributed by atoms with van der Waals surface area (Å²) in [7, 11) is 0. The summed E-state index contributed by atoms with van der Waals surface area (Å²) < 4.78 is 38.1. The highest BCUT2D eigenvalue weighted by molar-refractivity contribution is 6.44. The topological polar surface area (TPSA) is 70.6 Å². The molecule has 0 fully saturated rings. The van der Waals surface area contributed by atoms with Crippen molar-refractivity contribution in [3.8, 4) is 0 Å². The van der Waals surface area contributed by atoms with Gasteiger partial charge in [0.2, 0.25) is 0 Å². The minimum atomic E-state index is -4.67. The number of nitrogens with two attached hydrogens (primary N) is 1. The first kappa shape index (κ1) is 17.0. The van der Waals surface area contributed by atoms with Crippen molar-refractivity contribution in [2.24, 2.45) is 16.8 Å². The number of hydrogen-bond acceptors (Lipinski definition) is 3. The average Bonchev–Trinajstić information content (AvgIpc) is 2.33. The molecule has 1 rings (SSSR count). The van der Waals surface area contributed by atoms with Crippen LogP contribution in [0.4, 0.5) is 18.9 Å². The monoisotopic (exact) mass is 349 g/mol. The predicted molar refractivity (Wildman–Crippen MR) is 72.9 cm³/mol. The Morgan fingerprint density at radius 2 is 1.80 bits per heavy atom. The molecule has 1 aromatic carbocycles. The van der Waals surface area contributed by atoms with Gasteiger partial charge in [-0.3, -0.25) is 0 Å². The summed E-state index contributed by atoms with van der Waals surface area (Å²) >= 11 is 17.3. The fraction of sp³-hybridized carbons (Fsp3) is 0.300. The zero-order valence-electron chi connectivity index (χ0n) is 9.68. The van der Waals surface area contributed by atoms with Crippen LogP contribution in [-0.4, -0.2) is 23.8 Å². The largest absolute Gasteiger partial charge is 0.409 e. The molecule has 0 saturated heterocycles. The molecule has 0 amide bonds. The molecule has 0 aromatic heterocycles. The van der Waals surface area contributed by atoms with Crippen LogP contribution in [0.1, 0.15) is 0 Å². The van der Waals surface area contributed by atoms with E-state index in [9.17, 15) is 13.2 Å². The van der Waals surface area contributed by atoms with E-state index in [0.717, 1.165) is 0 Å². The van der Waals surface area contributed by atoms with Crippen molar-refractivity contribution in [3.05, 3.63) is 27.2 Å². The molecule has 1 unspecified atom stereocenters. The number of nitrogens with zero attached hydrogens (tertiary/aromatic N) is 1. The highest BCUT2D eigenvalue weighted by Crippen LogP contribution is 2.33. The maximum Gasteiger partial charge on any atom is 0.400 e. The molecule has 0 saturated carbocycles. The molecule has 112 valence electrons. The van der Waals surface area contributed by atoms with Gasteiger partial charge in [0, 0.05) is 6.54 Å². The number of halogens is 6. The summed E-state index contributed by atoms with van der Waals surface area (Å²) in [5, 5.41) is 13.6. The van der Waals surface area contributed by atoms with E-state index in [2.05, 4.69) is 10.5 Å². The van der Waals surface area contributed by atoms with E-state index in [1.807, 2.05) is 0 Å². The SMILES string of the molecule is N/C(=N/O)C(CNc1cc(Cl)c(Cl)cc1Cl)C(F)(F)F. The molecule has 0 aliphatic heterocycles. The Hall–Kier alpha value is -1.05. The number of hydrogen-bond donors (Lipinski definition) is 3. The van der Waals surface area contributed by atoms with Crippen LogP contribution in [0, 0.1) is 5.92 Å². The van der Waals surface area contributed by atoms with Gasteiger partial charge in [0.05, 0.1) is 20.8 Å². The lowest BCUT2D eigenvalue weighted by Crippen LogP contribution is -2.40. The third-order valence-electron chi connectivity index (χ3n) is 2.37. The van der Waals surface area contributed by atoms with Crippen molar-refractivity contribution in [2.45, 2.75) is 6.18 Å². The summed E-state index contributed by atoms with van der Waals surface area (Å²) in [5.74, 6) is -3.13. The molecule has 0 aliphatic rings. The van der Waals surface area contributed by atoms with Gasteiger partial charge in [0.1, 0.15) is 5.92 Å². The van der Waals surface area contributed by atoms with Gasteiger partial charge in [0.25, 0.3) is 0 Å². The molecular weight excluding hydrogens is 341 g/mol. The Bertz CT molecular complexity index is 522. The number of alkyl halides is 3. The van der Waals surface area contributed by atoms with Gasteiger partial charge in [-0.25, -0.2) is 0 Å². The number of benzene rings is 1. The zero-order chi connectivity index (χ0) is 15.5. The second kappa shape index (κ2) is 6.60. The van der Waals surface area contributed by atoms with E-state index in [0.29, 0.717) is 0 Å². The fourth-order valence-corrected chi connectivity index (χ4v) is 1.94. The van der Waals surface area contributed by atoms with Crippen LogP contribution < -0.4 is 11.1 Å². The smallest absolute Gasteiger partial charge is 0.400 e. The number of rotatable bonds is 4. The van der Waals surface area contributed by atoms with Gasteiger partial charge in [-0.2, -0.15) is 13.2 Å². The number of amidine groups is 1. The van der Waals surface area contributed by atoms with Crippen molar-refractivity contribution in [2.75, 3.05) is 11.9 Å².